The maximum absolute atomic E-state index is 12.6. The Morgan fingerprint density at radius 3 is 2.95 bits per heavy atom. The number of nitrogens with zero attached hydrogens (tertiary/aromatic N) is 4. The fraction of sp³-hybridized carbons (Fsp3) is 0.429. The van der Waals surface area contributed by atoms with Crippen LogP contribution in [0.2, 0.25) is 0 Å². The van der Waals surface area contributed by atoms with E-state index in [4.69, 9.17) is 0 Å². The molecule has 0 aliphatic carbocycles. The summed E-state index contributed by atoms with van der Waals surface area (Å²) in [5.74, 6) is 0.503. The molecular weight excluding hydrogens is 270 g/mol. The normalized spacial score (nSPS) is 18.2. The van der Waals surface area contributed by atoms with Crippen LogP contribution in [0.1, 0.15) is 40.8 Å². The zero-order chi connectivity index (χ0) is 15.0. The van der Waals surface area contributed by atoms with Crippen molar-refractivity contribution in [1.29, 1.82) is 0 Å². The molecule has 1 aliphatic heterocycles. The Morgan fingerprint density at radius 2 is 2.29 bits per heavy atom. The monoisotopic (exact) mass is 287 g/mol. The van der Waals surface area contributed by atoms with E-state index >= 15 is 0 Å². The summed E-state index contributed by atoms with van der Waals surface area (Å²) in [5, 5.41) is 4.03. The minimum absolute atomic E-state index is 0.0645. The first-order valence-electron chi connectivity index (χ1n) is 6.92. The van der Waals surface area contributed by atoms with Gasteiger partial charge in [0.2, 0.25) is 0 Å². The van der Waals surface area contributed by atoms with Crippen molar-refractivity contribution in [2.45, 2.75) is 25.8 Å². The SMILES string of the molecule is Cc1nc(C2CCCN2C(=O)c2cnn(C)c2)cc(=O)[nH]1. The summed E-state index contributed by atoms with van der Waals surface area (Å²) in [6.07, 6.45) is 4.99. The van der Waals surface area contributed by atoms with Crippen molar-refractivity contribution in [3.63, 3.8) is 0 Å². The average Bonchev–Trinajstić information content (AvgIpc) is 3.05. The molecule has 1 saturated heterocycles. The first kappa shape index (κ1) is 13.5. The second-order valence-electron chi connectivity index (χ2n) is 5.31. The molecule has 0 radical (unpaired) electrons. The maximum atomic E-state index is 12.6. The number of hydrogen-bond acceptors (Lipinski definition) is 4. The fourth-order valence-electron chi connectivity index (χ4n) is 2.79. The van der Waals surface area contributed by atoms with Gasteiger partial charge in [0.15, 0.2) is 0 Å². The van der Waals surface area contributed by atoms with Gasteiger partial charge in [-0.15, -0.1) is 0 Å². The Bertz CT molecular complexity index is 733. The van der Waals surface area contributed by atoms with E-state index in [-0.39, 0.29) is 17.5 Å². The molecule has 0 aromatic carbocycles. The lowest BCUT2D eigenvalue weighted by atomic mass is 10.1. The second-order valence-corrected chi connectivity index (χ2v) is 5.31. The van der Waals surface area contributed by atoms with Crippen LogP contribution >= 0.6 is 0 Å². The van der Waals surface area contributed by atoms with Gasteiger partial charge in [0.1, 0.15) is 5.82 Å². The molecule has 1 aliphatic rings. The van der Waals surface area contributed by atoms with Gasteiger partial charge in [0, 0.05) is 25.9 Å². The molecule has 1 fully saturated rings. The number of aryl methyl sites for hydroxylation is 2. The van der Waals surface area contributed by atoms with Crippen molar-refractivity contribution in [3.05, 3.63) is 45.9 Å². The number of nitrogens with one attached hydrogen (secondary N) is 1. The van der Waals surface area contributed by atoms with E-state index < -0.39 is 0 Å². The summed E-state index contributed by atoms with van der Waals surface area (Å²) in [6, 6.07) is 1.34. The van der Waals surface area contributed by atoms with Gasteiger partial charge < -0.3 is 9.88 Å². The van der Waals surface area contributed by atoms with E-state index in [9.17, 15) is 9.59 Å². The number of H-pyrrole nitrogens is 1. The quantitative estimate of drug-likeness (QED) is 0.885. The lowest BCUT2D eigenvalue weighted by molar-refractivity contribution is 0.0732. The molecule has 1 unspecified atom stereocenters. The minimum Gasteiger partial charge on any atom is -0.330 e. The number of carbonyl (C=O) groups is 1. The first-order chi connectivity index (χ1) is 10.0. The maximum Gasteiger partial charge on any atom is 0.257 e. The van der Waals surface area contributed by atoms with E-state index in [2.05, 4.69) is 15.1 Å². The minimum atomic E-state index is -0.182. The Kier molecular flexibility index (Phi) is 3.32. The number of amides is 1. The Labute approximate surface area is 121 Å². The second kappa shape index (κ2) is 5.16. The molecular formula is C14H17N5O2. The van der Waals surface area contributed by atoms with E-state index in [1.54, 1.807) is 35.9 Å². The van der Waals surface area contributed by atoms with E-state index in [1.807, 2.05) is 0 Å². The van der Waals surface area contributed by atoms with Crippen LogP contribution in [-0.4, -0.2) is 37.1 Å². The Hall–Kier alpha value is -2.44. The van der Waals surface area contributed by atoms with Gasteiger partial charge in [-0.05, 0) is 19.8 Å². The molecule has 1 amide bonds. The standard InChI is InChI=1S/C14H17N5O2/c1-9-16-11(6-13(20)17-9)12-4-3-5-19(12)14(21)10-7-15-18(2)8-10/h6-8,12H,3-5H2,1-2H3,(H,16,17,20). The highest BCUT2D eigenvalue weighted by Gasteiger charge is 2.32. The summed E-state index contributed by atoms with van der Waals surface area (Å²) in [4.78, 5) is 33.0. The molecule has 7 nitrogen and oxygen atoms in total. The molecule has 0 saturated carbocycles. The van der Waals surface area contributed by atoms with Crippen LogP contribution in [0.4, 0.5) is 0 Å². The number of rotatable bonds is 2. The van der Waals surface area contributed by atoms with Crippen LogP contribution in [0.3, 0.4) is 0 Å². The predicted octanol–water partition coefficient (Wildman–Crippen LogP) is 0.789. The highest BCUT2D eigenvalue weighted by atomic mass is 16.2. The predicted molar refractivity (Wildman–Crippen MR) is 75.8 cm³/mol. The average molecular weight is 287 g/mol. The van der Waals surface area contributed by atoms with Gasteiger partial charge in [0.25, 0.3) is 11.5 Å². The molecule has 110 valence electrons. The van der Waals surface area contributed by atoms with Crippen LogP contribution in [0.5, 0.6) is 0 Å². The molecule has 7 heteroatoms. The van der Waals surface area contributed by atoms with Crippen LogP contribution in [-0.2, 0) is 7.05 Å². The largest absolute Gasteiger partial charge is 0.330 e. The molecule has 2 aromatic rings. The van der Waals surface area contributed by atoms with E-state index in [1.165, 1.54) is 6.07 Å². The zero-order valence-electron chi connectivity index (χ0n) is 12.0. The van der Waals surface area contributed by atoms with E-state index in [0.29, 0.717) is 23.6 Å². The Balaban J connectivity index is 1.92. The van der Waals surface area contributed by atoms with Gasteiger partial charge in [-0.25, -0.2) is 4.98 Å². The summed E-state index contributed by atoms with van der Waals surface area (Å²) in [7, 11) is 1.78. The van der Waals surface area contributed by atoms with E-state index in [0.717, 1.165) is 12.8 Å². The van der Waals surface area contributed by atoms with Gasteiger partial charge >= 0.3 is 0 Å². The highest BCUT2D eigenvalue weighted by Crippen LogP contribution is 2.31. The number of hydrogen-bond donors (Lipinski definition) is 1. The van der Waals surface area contributed by atoms with Crippen LogP contribution < -0.4 is 5.56 Å². The zero-order valence-corrected chi connectivity index (χ0v) is 12.0. The highest BCUT2D eigenvalue weighted by molar-refractivity contribution is 5.94. The number of aromatic nitrogens is 4. The topological polar surface area (TPSA) is 83.9 Å². The summed E-state index contributed by atoms with van der Waals surface area (Å²) in [6.45, 7) is 2.42. The third kappa shape index (κ3) is 2.58. The number of aromatic amines is 1. The molecule has 3 heterocycles. The van der Waals surface area contributed by atoms with Crippen molar-refractivity contribution in [3.8, 4) is 0 Å². The molecule has 0 spiro atoms. The van der Waals surface area contributed by atoms with Crippen molar-refractivity contribution in [2.24, 2.45) is 7.05 Å². The van der Waals surface area contributed by atoms with Crippen molar-refractivity contribution in [2.75, 3.05) is 6.54 Å². The lowest BCUT2D eigenvalue weighted by Gasteiger charge is -2.23. The van der Waals surface area contributed by atoms with Crippen molar-refractivity contribution in [1.82, 2.24) is 24.6 Å². The number of likely N-dealkylation sites (tertiary alicyclic amines) is 1. The van der Waals surface area contributed by atoms with Crippen LogP contribution in [0, 0.1) is 6.92 Å². The van der Waals surface area contributed by atoms with Crippen LogP contribution in [0.25, 0.3) is 0 Å². The van der Waals surface area contributed by atoms with Gasteiger partial charge in [-0.1, -0.05) is 0 Å². The summed E-state index contributed by atoms with van der Waals surface area (Å²) < 4.78 is 1.61. The van der Waals surface area contributed by atoms with Gasteiger partial charge in [-0.2, -0.15) is 5.10 Å². The van der Waals surface area contributed by atoms with Crippen molar-refractivity contribution < 1.29 is 4.79 Å². The molecule has 2 aromatic heterocycles. The molecule has 1 N–H and O–H groups in total. The molecule has 3 rings (SSSR count). The summed E-state index contributed by atoms with van der Waals surface area (Å²) >= 11 is 0. The Morgan fingerprint density at radius 1 is 1.48 bits per heavy atom. The first-order valence-corrected chi connectivity index (χ1v) is 6.92. The molecule has 21 heavy (non-hydrogen) atoms. The van der Waals surface area contributed by atoms with Gasteiger partial charge in [-0.3, -0.25) is 14.3 Å². The number of carbonyl (C=O) groups excluding carboxylic acids is 1. The van der Waals surface area contributed by atoms with Crippen molar-refractivity contribution >= 4 is 5.91 Å². The van der Waals surface area contributed by atoms with Crippen LogP contribution in [0.15, 0.2) is 23.3 Å². The summed E-state index contributed by atoms with van der Waals surface area (Å²) in [5.41, 5.74) is 1.04. The lowest BCUT2D eigenvalue weighted by Crippen LogP contribution is -2.31. The third-order valence-electron chi connectivity index (χ3n) is 3.69. The fourth-order valence-corrected chi connectivity index (χ4v) is 2.79. The molecule has 1 atom stereocenters. The van der Waals surface area contributed by atoms with Gasteiger partial charge in [0.05, 0.1) is 23.5 Å². The third-order valence-corrected chi connectivity index (χ3v) is 3.69. The molecule has 0 bridgehead atoms. The smallest absolute Gasteiger partial charge is 0.257 e.